The van der Waals surface area contributed by atoms with Crippen molar-refractivity contribution in [3.8, 4) is 5.75 Å². The lowest BCUT2D eigenvalue weighted by atomic mass is 9.93. The molecule has 1 aliphatic rings. The molecule has 28 heavy (non-hydrogen) atoms. The van der Waals surface area contributed by atoms with Crippen molar-refractivity contribution in [1.29, 1.82) is 0 Å². The maximum atomic E-state index is 6.06. The predicted octanol–water partition coefficient (Wildman–Crippen LogP) is 4.33. The van der Waals surface area contributed by atoms with Gasteiger partial charge in [0.25, 0.3) is 0 Å². The second-order valence-corrected chi connectivity index (χ2v) is 8.29. The molecule has 0 aliphatic heterocycles. The van der Waals surface area contributed by atoms with Crippen molar-refractivity contribution in [3.63, 3.8) is 0 Å². The van der Waals surface area contributed by atoms with Crippen LogP contribution < -0.4 is 15.3 Å². The Morgan fingerprint density at radius 1 is 1.18 bits per heavy atom. The normalized spacial score (nSPS) is 16.5. The highest BCUT2D eigenvalue weighted by atomic mass is 31.1. The number of methoxy groups -OCH3 is 1. The smallest absolute Gasteiger partial charge is 0.188 e. The highest BCUT2D eigenvalue weighted by Crippen LogP contribution is 2.28. The van der Waals surface area contributed by atoms with Gasteiger partial charge in [-0.2, -0.15) is 0 Å². The average molecular weight is 393 g/mol. The molecule has 0 spiro atoms. The zero-order chi connectivity index (χ0) is 19.8. The van der Waals surface area contributed by atoms with Gasteiger partial charge >= 0.3 is 0 Å². The van der Waals surface area contributed by atoms with Crippen LogP contribution in [-0.4, -0.2) is 27.2 Å². The summed E-state index contributed by atoms with van der Waals surface area (Å²) in [5.74, 6) is 1.47. The van der Waals surface area contributed by atoms with Gasteiger partial charge in [-0.3, -0.25) is 4.99 Å². The summed E-state index contributed by atoms with van der Waals surface area (Å²) in [4.78, 5) is 4.23. The summed E-state index contributed by atoms with van der Waals surface area (Å²) in [6.45, 7) is 2.37. The number of hydrogen-bond donors (Lipinski definition) is 0. The molecule has 0 N–H and O–H groups in total. The second kappa shape index (κ2) is 10.4. The van der Waals surface area contributed by atoms with Gasteiger partial charge in [0.05, 0.1) is 0 Å². The summed E-state index contributed by atoms with van der Waals surface area (Å²) in [7, 11) is 3.97. The van der Waals surface area contributed by atoms with E-state index in [1.165, 1.54) is 27.3 Å². The number of rotatable bonds is 8. The van der Waals surface area contributed by atoms with Crippen molar-refractivity contribution < 1.29 is 9.47 Å². The molecule has 146 valence electrons. The van der Waals surface area contributed by atoms with E-state index < -0.39 is 0 Å². The zero-order valence-electron chi connectivity index (χ0n) is 16.8. The maximum absolute atomic E-state index is 6.06. The van der Waals surface area contributed by atoms with E-state index in [2.05, 4.69) is 72.6 Å². The van der Waals surface area contributed by atoms with Crippen molar-refractivity contribution >= 4 is 25.4 Å². The summed E-state index contributed by atoms with van der Waals surface area (Å²) in [6, 6.07) is 13.0. The predicted molar refractivity (Wildman–Crippen MR) is 121 cm³/mol. The van der Waals surface area contributed by atoms with Gasteiger partial charge in [-0.15, -0.1) is 0 Å². The van der Waals surface area contributed by atoms with E-state index in [4.69, 9.17) is 9.47 Å². The van der Waals surface area contributed by atoms with Gasteiger partial charge in [-0.25, -0.2) is 0 Å². The molecule has 2 atom stereocenters. The molecule has 0 saturated carbocycles. The Morgan fingerprint density at radius 3 is 2.82 bits per heavy atom. The van der Waals surface area contributed by atoms with Gasteiger partial charge in [0.2, 0.25) is 0 Å². The minimum absolute atomic E-state index is 0.256. The van der Waals surface area contributed by atoms with Gasteiger partial charge in [-0.1, -0.05) is 68.8 Å². The quantitative estimate of drug-likeness (QED) is 0.380. The van der Waals surface area contributed by atoms with Crippen LogP contribution in [-0.2, 0) is 11.2 Å². The van der Waals surface area contributed by atoms with Crippen LogP contribution in [0.3, 0.4) is 0 Å². The third-order valence-corrected chi connectivity index (χ3v) is 6.10. The van der Waals surface area contributed by atoms with Crippen molar-refractivity contribution in [2.24, 2.45) is 10.9 Å². The highest BCUT2D eigenvalue weighted by Gasteiger charge is 2.15. The number of para-hydroxylation sites is 1. The first-order chi connectivity index (χ1) is 13.7. The van der Waals surface area contributed by atoms with Gasteiger partial charge < -0.3 is 9.47 Å². The van der Waals surface area contributed by atoms with E-state index in [9.17, 15) is 0 Å². The van der Waals surface area contributed by atoms with Crippen LogP contribution in [0.25, 0.3) is 0 Å². The molecule has 0 saturated heterocycles. The van der Waals surface area contributed by atoms with Gasteiger partial charge in [0, 0.05) is 31.2 Å². The second-order valence-electron chi connectivity index (χ2n) is 6.96. The van der Waals surface area contributed by atoms with Gasteiger partial charge in [-0.05, 0) is 42.6 Å². The largest absolute Gasteiger partial charge is 0.467 e. The molecule has 2 aromatic carbocycles. The lowest BCUT2D eigenvalue weighted by Crippen LogP contribution is -2.16. The Balaban J connectivity index is 1.92. The standard InChI is InChI=1S/C24H28NO2P/c1-18-12-13-22(21(14-18)16-25-2)28-23-11-7-10-20(24(23)27-17-26-3)15-19-8-5-4-6-9-19/h4-8,10-14,16,19,28H,9,15,17H2,1-3H3/b25-16+. The average Bonchev–Trinajstić information content (AvgIpc) is 2.70. The van der Waals surface area contributed by atoms with E-state index in [0.717, 1.165) is 18.6 Å². The summed E-state index contributed by atoms with van der Waals surface area (Å²) in [6.07, 6.45) is 12.7. The Bertz CT molecular complexity index is 886. The van der Waals surface area contributed by atoms with Crippen molar-refractivity contribution in [2.75, 3.05) is 21.0 Å². The minimum Gasteiger partial charge on any atom is -0.467 e. The number of nitrogens with zero attached hydrogens (tertiary/aromatic N) is 1. The Kier molecular flexibility index (Phi) is 7.59. The first-order valence-corrected chi connectivity index (χ1v) is 10.6. The first-order valence-electron chi connectivity index (χ1n) is 9.58. The van der Waals surface area contributed by atoms with Crippen molar-refractivity contribution in [1.82, 2.24) is 0 Å². The molecule has 3 nitrogen and oxygen atoms in total. The maximum Gasteiger partial charge on any atom is 0.188 e. The van der Waals surface area contributed by atoms with Crippen LogP contribution in [0.15, 0.2) is 65.7 Å². The van der Waals surface area contributed by atoms with Crippen LogP contribution in [0.1, 0.15) is 23.1 Å². The summed E-state index contributed by atoms with van der Waals surface area (Å²) < 4.78 is 11.3. The van der Waals surface area contributed by atoms with E-state index in [1.54, 1.807) is 7.11 Å². The lowest BCUT2D eigenvalue weighted by Gasteiger charge is -2.19. The lowest BCUT2D eigenvalue weighted by molar-refractivity contribution is 0.0511. The van der Waals surface area contributed by atoms with Gasteiger partial charge in [0.15, 0.2) is 6.79 Å². The highest BCUT2D eigenvalue weighted by molar-refractivity contribution is 7.56. The van der Waals surface area contributed by atoms with Gasteiger partial charge in [0.1, 0.15) is 5.75 Å². The topological polar surface area (TPSA) is 30.8 Å². The molecule has 0 amide bonds. The molecule has 0 bridgehead atoms. The van der Waals surface area contributed by atoms with E-state index >= 15 is 0 Å². The molecule has 0 fully saturated rings. The van der Waals surface area contributed by atoms with Crippen molar-refractivity contribution in [2.45, 2.75) is 19.8 Å². The van der Waals surface area contributed by atoms with Crippen LogP contribution in [0.5, 0.6) is 5.75 Å². The minimum atomic E-state index is 0.256. The number of benzene rings is 2. The molecular weight excluding hydrogens is 365 g/mol. The summed E-state index contributed by atoms with van der Waals surface area (Å²) in [5.41, 5.74) is 3.65. The molecule has 3 rings (SSSR count). The Morgan fingerprint density at radius 2 is 2.07 bits per heavy atom. The molecule has 4 heteroatoms. The van der Waals surface area contributed by atoms with Crippen molar-refractivity contribution in [3.05, 3.63) is 77.4 Å². The van der Waals surface area contributed by atoms with Crippen LogP contribution >= 0.6 is 8.58 Å². The number of aliphatic imine (C=N–C) groups is 1. The first kappa shape index (κ1) is 20.5. The number of allylic oxidation sites excluding steroid dienone is 4. The van der Waals surface area contributed by atoms with E-state index in [1.807, 2.05) is 13.3 Å². The fraction of sp³-hybridized carbons (Fsp3) is 0.292. The number of aryl methyl sites for hydroxylation is 1. The fourth-order valence-corrected chi connectivity index (χ4v) is 4.65. The molecule has 0 aromatic heterocycles. The number of hydrogen-bond acceptors (Lipinski definition) is 3. The number of ether oxygens (including phenoxy) is 2. The third-order valence-electron chi connectivity index (χ3n) is 4.71. The third kappa shape index (κ3) is 5.41. The van der Waals surface area contributed by atoms with Crippen LogP contribution in [0.4, 0.5) is 0 Å². The molecule has 2 aromatic rings. The molecular formula is C24H28NO2P. The molecule has 1 aliphatic carbocycles. The van der Waals surface area contributed by atoms with E-state index in [0.29, 0.717) is 14.5 Å². The Hall–Kier alpha value is -2.22. The van der Waals surface area contributed by atoms with Crippen LogP contribution in [0, 0.1) is 12.8 Å². The SMILES string of the molecule is C/N=C/c1cc(C)ccc1Pc1cccc(CC2C=CC=CC2)c1OCOC. The summed E-state index contributed by atoms with van der Waals surface area (Å²) in [5, 5.41) is 2.48. The monoisotopic (exact) mass is 393 g/mol. The summed E-state index contributed by atoms with van der Waals surface area (Å²) >= 11 is 0. The molecule has 0 radical (unpaired) electrons. The van der Waals surface area contributed by atoms with Crippen LogP contribution in [0.2, 0.25) is 0 Å². The van der Waals surface area contributed by atoms with E-state index in [-0.39, 0.29) is 6.79 Å². The fourth-order valence-electron chi connectivity index (χ4n) is 3.38. The molecule has 2 unspecified atom stereocenters. The Labute approximate surface area is 170 Å². The zero-order valence-corrected chi connectivity index (χ0v) is 17.8. The molecule has 0 heterocycles.